The summed E-state index contributed by atoms with van der Waals surface area (Å²) < 4.78 is 11.5. The second-order valence-electron chi connectivity index (χ2n) is 6.09. The predicted octanol–water partition coefficient (Wildman–Crippen LogP) is 2.56. The number of carbonyl (C=O) groups excluding carboxylic acids is 1. The highest BCUT2D eigenvalue weighted by molar-refractivity contribution is 5.51. The van der Waals surface area contributed by atoms with E-state index in [1.165, 1.54) is 0 Å². The number of hydrogen-bond donors (Lipinski definition) is 1. The molecule has 0 aliphatic heterocycles. The molecule has 0 saturated carbocycles. The molecule has 0 saturated heterocycles. The maximum absolute atomic E-state index is 10.5. The van der Waals surface area contributed by atoms with E-state index in [4.69, 9.17) is 9.47 Å². The van der Waals surface area contributed by atoms with Crippen LogP contribution >= 0.6 is 0 Å². The van der Waals surface area contributed by atoms with E-state index < -0.39 is 5.60 Å². The van der Waals surface area contributed by atoms with Crippen LogP contribution in [0.3, 0.4) is 0 Å². The van der Waals surface area contributed by atoms with Gasteiger partial charge in [-0.05, 0) is 53.6 Å². The molecule has 0 fully saturated rings. The molecule has 0 aromatic heterocycles. The van der Waals surface area contributed by atoms with Crippen molar-refractivity contribution in [2.75, 3.05) is 26.3 Å². The van der Waals surface area contributed by atoms with Crippen molar-refractivity contribution in [3.63, 3.8) is 0 Å². The number of carbonyl (C=O) groups is 1. The van der Waals surface area contributed by atoms with Crippen LogP contribution in [0.5, 0.6) is 0 Å². The Morgan fingerprint density at radius 3 is 2.11 bits per heavy atom. The van der Waals surface area contributed by atoms with Crippen molar-refractivity contribution in [3.8, 4) is 0 Å². The molecular weight excluding hydrogens is 242 g/mol. The fourth-order valence-electron chi connectivity index (χ4n) is 1.66. The topological polar surface area (TPSA) is 47.6 Å². The lowest BCUT2D eigenvalue weighted by Gasteiger charge is -2.27. The zero-order valence-corrected chi connectivity index (χ0v) is 13.3. The minimum Gasteiger partial charge on any atom is -0.373 e. The molecule has 0 heterocycles. The first-order valence-electron chi connectivity index (χ1n) is 7.25. The Hall–Kier alpha value is -0.450. The number of aldehydes is 1. The highest BCUT2D eigenvalue weighted by Crippen LogP contribution is 2.15. The normalized spacial score (nSPS) is 12.7. The van der Waals surface area contributed by atoms with E-state index >= 15 is 0 Å². The van der Waals surface area contributed by atoms with Crippen LogP contribution in [0.25, 0.3) is 0 Å². The molecule has 1 N–H and O–H groups in total. The van der Waals surface area contributed by atoms with Crippen molar-refractivity contribution in [2.45, 2.75) is 65.1 Å². The smallest absolute Gasteiger partial charge is 0.122 e. The Bertz CT molecular complexity index is 240. The van der Waals surface area contributed by atoms with Crippen LogP contribution < -0.4 is 5.32 Å². The summed E-state index contributed by atoms with van der Waals surface area (Å²) in [6.07, 6.45) is 3.44. The Labute approximate surface area is 118 Å². The van der Waals surface area contributed by atoms with Gasteiger partial charge in [0.2, 0.25) is 0 Å². The largest absolute Gasteiger partial charge is 0.373 e. The van der Waals surface area contributed by atoms with Gasteiger partial charge in [-0.1, -0.05) is 6.92 Å². The Morgan fingerprint density at radius 1 is 1.00 bits per heavy atom. The van der Waals surface area contributed by atoms with Crippen LogP contribution in [0.4, 0.5) is 0 Å². The minimum atomic E-state index is -0.391. The fraction of sp³-hybridized carbons (Fsp3) is 0.933. The highest BCUT2D eigenvalue weighted by Gasteiger charge is 2.20. The average Bonchev–Trinajstić information content (AvgIpc) is 2.30. The lowest BCUT2D eigenvalue weighted by molar-refractivity contribution is -0.117. The van der Waals surface area contributed by atoms with Gasteiger partial charge in [0.15, 0.2) is 0 Å². The second-order valence-corrected chi connectivity index (χ2v) is 6.09. The van der Waals surface area contributed by atoms with Crippen molar-refractivity contribution in [1.29, 1.82) is 0 Å². The second kappa shape index (κ2) is 9.45. The quantitative estimate of drug-likeness (QED) is 0.438. The molecule has 0 rings (SSSR count). The lowest BCUT2D eigenvalue weighted by Crippen LogP contribution is -2.33. The van der Waals surface area contributed by atoms with Crippen molar-refractivity contribution in [2.24, 2.45) is 0 Å². The van der Waals surface area contributed by atoms with Crippen LogP contribution in [0.1, 0.15) is 53.9 Å². The molecule has 0 radical (unpaired) electrons. The maximum atomic E-state index is 10.5. The molecular formula is C15H31NO3. The molecule has 0 bridgehead atoms. The van der Waals surface area contributed by atoms with Crippen LogP contribution in [-0.4, -0.2) is 43.8 Å². The molecule has 4 nitrogen and oxygen atoms in total. The standard InChI is InChI=1S/C15H31NO3/c1-6-9-16-10-7-14(2,3)18-12-13-19-15(4,5)8-11-17/h11,16H,6-10,12-13H2,1-5H3. The van der Waals surface area contributed by atoms with Crippen molar-refractivity contribution in [1.82, 2.24) is 5.32 Å². The van der Waals surface area contributed by atoms with Crippen LogP contribution in [0, 0.1) is 0 Å². The number of ether oxygens (including phenoxy) is 2. The molecule has 114 valence electrons. The van der Waals surface area contributed by atoms with Gasteiger partial charge in [-0.15, -0.1) is 0 Å². The zero-order valence-electron chi connectivity index (χ0n) is 13.3. The highest BCUT2D eigenvalue weighted by atomic mass is 16.5. The van der Waals surface area contributed by atoms with Crippen LogP contribution in [0.15, 0.2) is 0 Å². The van der Waals surface area contributed by atoms with E-state index in [0.29, 0.717) is 19.6 Å². The van der Waals surface area contributed by atoms with Gasteiger partial charge in [-0.2, -0.15) is 0 Å². The van der Waals surface area contributed by atoms with Gasteiger partial charge in [-0.25, -0.2) is 0 Å². The maximum Gasteiger partial charge on any atom is 0.122 e. The van der Waals surface area contributed by atoms with E-state index in [0.717, 1.165) is 32.2 Å². The zero-order chi connectivity index (χ0) is 14.8. The van der Waals surface area contributed by atoms with Gasteiger partial charge < -0.3 is 19.6 Å². The molecule has 0 atom stereocenters. The van der Waals surface area contributed by atoms with E-state index in [1.807, 2.05) is 13.8 Å². The minimum absolute atomic E-state index is 0.140. The van der Waals surface area contributed by atoms with Crippen molar-refractivity contribution < 1.29 is 14.3 Å². The molecule has 0 aliphatic rings. The molecule has 0 unspecified atom stereocenters. The lowest BCUT2D eigenvalue weighted by atomic mass is 10.1. The summed E-state index contributed by atoms with van der Waals surface area (Å²) >= 11 is 0. The molecule has 0 aliphatic carbocycles. The molecule has 0 amide bonds. The molecule has 0 aromatic carbocycles. The van der Waals surface area contributed by atoms with Gasteiger partial charge in [-0.3, -0.25) is 0 Å². The third-order valence-electron chi connectivity index (χ3n) is 2.97. The van der Waals surface area contributed by atoms with Crippen molar-refractivity contribution in [3.05, 3.63) is 0 Å². The van der Waals surface area contributed by atoms with Crippen molar-refractivity contribution >= 4 is 6.29 Å². The average molecular weight is 273 g/mol. The van der Waals surface area contributed by atoms with E-state index in [1.54, 1.807) is 0 Å². The summed E-state index contributed by atoms with van der Waals surface area (Å²) in [6, 6.07) is 0. The van der Waals surface area contributed by atoms with E-state index in [-0.39, 0.29) is 5.60 Å². The Balaban J connectivity index is 3.70. The summed E-state index contributed by atoms with van der Waals surface area (Å²) in [5.41, 5.74) is -0.531. The first-order chi connectivity index (χ1) is 8.83. The first kappa shape index (κ1) is 18.6. The van der Waals surface area contributed by atoms with Gasteiger partial charge in [0, 0.05) is 6.42 Å². The summed E-state index contributed by atoms with van der Waals surface area (Å²) in [6.45, 7) is 13.3. The van der Waals surface area contributed by atoms with Gasteiger partial charge in [0.1, 0.15) is 6.29 Å². The predicted molar refractivity (Wildman–Crippen MR) is 78.5 cm³/mol. The van der Waals surface area contributed by atoms with Gasteiger partial charge in [0.05, 0.1) is 24.4 Å². The monoisotopic (exact) mass is 273 g/mol. The third kappa shape index (κ3) is 11.1. The summed E-state index contributed by atoms with van der Waals surface area (Å²) in [7, 11) is 0. The van der Waals surface area contributed by atoms with E-state index in [9.17, 15) is 4.79 Å². The Kier molecular flexibility index (Phi) is 9.23. The summed E-state index contributed by atoms with van der Waals surface area (Å²) in [5.74, 6) is 0. The molecule has 0 spiro atoms. The summed E-state index contributed by atoms with van der Waals surface area (Å²) in [5, 5.41) is 3.37. The van der Waals surface area contributed by atoms with Crippen LogP contribution in [0.2, 0.25) is 0 Å². The first-order valence-corrected chi connectivity index (χ1v) is 7.25. The molecule has 4 heteroatoms. The molecule has 19 heavy (non-hydrogen) atoms. The SMILES string of the molecule is CCCNCCC(C)(C)OCCOC(C)(C)CC=O. The number of rotatable bonds is 12. The van der Waals surface area contributed by atoms with Crippen LogP contribution in [-0.2, 0) is 14.3 Å². The third-order valence-corrected chi connectivity index (χ3v) is 2.97. The molecule has 0 aromatic rings. The number of nitrogens with one attached hydrogen (secondary N) is 1. The van der Waals surface area contributed by atoms with E-state index in [2.05, 4.69) is 26.1 Å². The van der Waals surface area contributed by atoms with Gasteiger partial charge in [0.25, 0.3) is 0 Å². The summed E-state index contributed by atoms with van der Waals surface area (Å²) in [4.78, 5) is 10.5. The Morgan fingerprint density at radius 2 is 1.58 bits per heavy atom. The number of hydrogen-bond acceptors (Lipinski definition) is 4. The van der Waals surface area contributed by atoms with Gasteiger partial charge >= 0.3 is 0 Å². The fourth-order valence-corrected chi connectivity index (χ4v) is 1.66.